The highest BCUT2D eigenvalue weighted by Crippen LogP contribution is 2.14. The number of hydrogen-bond donors (Lipinski definition) is 0. The predicted molar refractivity (Wildman–Crippen MR) is 208 cm³/mol. The topological polar surface area (TPSA) is 137 Å². The SMILES string of the molecule is C=CCCC(=O)[N+](C)(C)Cc1ccccc1.C=CCCC(=O)[N+](C)(C)Cc1ccccc1.C=CCCC(=O)[N+](C)(C)Cc1ccccc1.O=P([O-])([O-])[O-]. The van der Waals surface area contributed by atoms with Gasteiger partial charge >= 0.3 is 17.7 Å². The molecule has 3 rings (SSSR count). The van der Waals surface area contributed by atoms with Gasteiger partial charge < -0.3 is 19.2 Å². The minimum Gasteiger partial charge on any atom is -0.822 e. The van der Waals surface area contributed by atoms with E-state index in [2.05, 4.69) is 56.1 Å². The van der Waals surface area contributed by atoms with Gasteiger partial charge in [0.25, 0.3) is 0 Å². The molecule has 53 heavy (non-hydrogen) atoms. The molecule has 0 unspecified atom stereocenters. The van der Waals surface area contributed by atoms with E-state index in [1.54, 1.807) is 18.2 Å². The zero-order chi connectivity index (χ0) is 40.6. The maximum absolute atomic E-state index is 12.0. The molecule has 11 heteroatoms. The Labute approximate surface area is 318 Å². The highest BCUT2D eigenvalue weighted by atomic mass is 31.2. The van der Waals surface area contributed by atoms with Crippen molar-refractivity contribution in [2.24, 2.45) is 0 Å². The summed E-state index contributed by atoms with van der Waals surface area (Å²) in [6.07, 6.45) is 9.37. The smallest absolute Gasteiger partial charge is 0.313 e. The Bertz CT molecular complexity index is 1400. The van der Waals surface area contributed by atoms with Crippen molar-refractivity contribution in [2.75, 3.05) is 42.3 Å². The summed E-state index contributed by atoms with van der Waals surface area (Å²) < 4.78 is 9.75. The molecule has 0 radical (unpaired) electrons. The Morgan fingerprint density at radius 3 is 0.849 bits per heavy atom. The van der Waals surface area contributed by atoms with Crippen LogP contribution in [0.5, 0.6) is 0 Å². The maximum atomic E-state index is 12.0. The first-order chi connectivity index (χ1) is 24.7. The minimum absolute atomic E-state index is 0.253. The molecule has 0 atom stereocenters. The zero-order valence-corrected chi connectivity index (χ0v) is 33.4. The molecule has 3 aromatic rings. The van der Waals surface area contributed by atoms with E-state index in [9.17, 15) is 14.4 Å². The fourth-order valence-electron chi connectivity index (χ4n) is 4.97. The van der Waals surface area contributed by atoms with E-state index in [0.717, 1.165) is 38.9 Å². The lowest BCUT2D eigenvalue weighted by Gasteiger charge is -2.36. The summed E-state index contributed by atoms with van der Waals surface area (Å²) in [5.41, 5.74) is 3.58. The second kappa shape index (κ2) is 25.0. The summed E-state index contributed by atoms with van der Waals surface area (Å²) in [5.74, 6) is 0.760. The van der Waals surface area contributed by atoms with Crippen molar-refractivity contribution in [3.63, 3.8) is 0 Å². The molecule has 0 heterocycles. The Morgan fingerprint density at radius 1 is 0.491 bits per heavy atom. The summed E-state index contributed by atoms with van der Waals surface area (Å²) in [7, 11) is 6.35. The Kier molecular flexibility index (Phi) is 23.1. The molecule has 0 fully saturated rings. The average Bonchev–Trinajstić information content (AvgIpc) is 3.09. The van der Waals surface area contributed by atoms with Crippen LogP contribution in [0.15, 0.2) is 129 Å². The number of rotatable bonds is 15. The minimum atomic E-state index is -5.39. The first-order valence-corrected chi connectivity index (χ1v) is 18.9. The molecule has 290 valence electrons. The van der Waals surface area contributed by atoms with Crippen LogP contribution in [0.3, 0.4) is 0 Å². The van der Waals surface area contributed by atoms with E-state index >= 15 is 0 Å². The van der Waals surface area contributed by atoms with Crippen molar-refractivity contribution in [1.29, 1.82) is 0 Å². The van der Waals surface area contributed by atoms with E-state index in [4.69, 9.17) is 19.2 Å². The van der Waals surface area contributed by atoms with E-state index in [1.165, 1.54) is 16.7 Å². The maximum Gasteiger partial charge on any atom is 0.313 e. The van der Waals surface area contributed by atoms with Crippen molar-refractivity contribution < 1.29 is 47.1 Å². The molecule has 10 nitrogen and oxygen atoms in total. The number of amides is 3. The largest absolute Gasteiger partial charge is 0.822 e. The molecule has 3 amide bonds. The van der Waals surface area contributed by atoms with Crippen LogP contribution < -0.4 is 14.7 Å². The number of allylic oxidation sites excluding steroid dienone is 3. The summed E-state index contributed by atoms with van der Waals surface area (Å²) in [6, 6.07) is 30.3. The second-order valence-corrected chi connectivity index (χ2v) is 15.0. The highest BCUT2D eigenvalue weighted by molar-refractivity contribution is 7.40. The zero-order valence-electron chi connectivity index (χ0n) is 32.5. The fourth-order valence-corrected chi connectivity index (χ4v) is 4.97. The van der Waals surface area contributed by atoms with Gasteiger partial charge in [0, 0.05) is 16.7 Å². The number of nitrogens with zero attached hydrogens (tertiary/aromatic N) is 3. The van der Waals surface area contributed by atoms with Gasteiger partial charge in [0.05, 0.1) is 61.5 Å². The molecule has 0 N–H and O–H groups in total. The van der Waals surface area contributed by atoms with Gasteiger partial charge in [0.1, 0.15) is 19.6 Å². The summed E-state index contributed by atoms with van der Waals surface area (Å²) >= 11 is 0. The lowest BCUT2D eigenvalue weighted by atomic mass is 10.2. The third-order valence-electron chi connectivity index (χ3n) is 7.97. The number of benzene rings is 3. The van der Waals surface area contributed by atoms with Gasteiger partial charge in [-0.25, -0.2) is 14.4 Å². The number of quaternary nitrogens is 3. The van der Waals surface area contributed by atoms with Crippen molar-refractivity contribution in [2.45, 2.75) is 58.2 Å². The highest BCUT2D eigenvalue weighted by Gasteiger charge is 2.27. The van der Waals surface area contributed by atoms with Crippen LogP contribution in [-0.2, 0) is 38.6 Å². The lowest BCUT2D eigenvalue weighted by Crippen LogP contribution is -2.44. The Balaban J connectivity index is 0.000000718. The normalized spacial score (nSPS) is 11.2. The third kappa shape index (κ3) is 23.9. The second-order valence-electron chi connectivity index (χ2n) is 14.1. The first-order valence-electron chi connectivity index (χ1n) is 17.4. The van der Waals surface area contributed by atoms with Gasteiger partial charge in [-0.05, 0) is 19.3 Å². The molecule has 0 bridgehead atoms. The van der Waals surface area contributed by atoms with E-state index in [1.807, 2.05) is 96.9 Å². The molecule has 3 aromatic carbocycles. The van der Waals surface area contributed by atoms with Gasteiger partial charge in [-0.2, -0.15) is 7.82 Å². The summed E-state index contributed by atoms with van der Waals surface area (Å²) in [4.78, 5) is 61.5. The summed E-state index contributed by atoms with van der Waals surface area (Å²) in [6.45, 7) is 13.2. The molecule has 0 spiro atoms. The molecular formula is C42H60N3O7P. The van der Waals surface area contributed by atoms with Crippen molar-refractivity contribution in [3.8, 4) is 0 Å². The van der Waals surface area contributed by atoms with Crippen LogP contribution in [0.1, 0.15) is 55.2 Å². The van der Waals surface area contributed by atoms with Gasteiger partial charge in [0.2, 0.25) is 0 Å². The number of hydrogen-bond acceptors (Lipinski definition) is 7. The molecular weight excluding hydrogens is 689 g/mol. The van der Waals surface area contributed by atoms with Gasteiger partial charge in [-0.1, -0.05) is 109 Å². The number of phosphoric acid groups is 1. The van der Waals surface area contributed by atoms with E-state index < -0.39 is 7.82 Å². The van der Waals surface area contributed by atoms with Gasteiger partial charge in [0.15, 0.2) is 0 Å². The van der Waals surface area contributed by atoms with Gasteiger partial charge in [-0.3, -0.25) is 13.4 Å². The lowest BCUT2D eigenvalue weighted by molar-refractivity contribution is -0.828. The molecule has 0 aliphatic heterocycles. The summed E-state index contributed by atoms with van der Waals surface area (Å²) in [5, 5.41) is 0. The molecule has 0 saturated carbocycles. The fraction of sp³-hybridized carbons (Fsp3) is 0.357. The van der Waals surface area contributed by atoms with E-state index in [-0.39, 0.29) is 17.7 Å². The molecule has 0 aliphatic rings. The monoisotopic (exact) mass is 749 g/mol. The Hall–Kier alpha value is -4.12. The quantitative estimate of drug-likeness (QED) is 0.115. The average molecular weight is 750 g/mol. The molecule has 0 saturated heterocycles. The standard InChI is InChI=1S/3C14H20NO.H3O4P/c3*1-4-5-11-14(16)15(2,3)12-13-9-7-6-8-10-13;1-5(2,3)4/h3*4,6-10H,1,5,11-12H2,2-3H3;(H3,1,2,3,4)/q3*+1;/p-3. The number of carbonyl (C=O) groups is 3. The van der Waals surface area contributed by atoms with Crippen molar-refractivity contribution in [3.05, 3.63) is 146 Å². The van der Waals surface area contributed by atoms with Crippen LogP contribution in [0.2, 0.25) is 0 Å². The van der Waals surface area contributed by atoms with Crippen LogP contribution in [0.4, 0.5) is 0 Å². The third-order valence-corrected chi connectivity index (χ3v) is 7.97. The molecule has 0 aromatic heterocycles. The van der Waals surface area contributed by atoms with E-state index in [0.29, 0.717) is 32.7 Å². The Morgan fingerprint density at radius 2 is 0.679 bits per heavy atom. The van der Waals surface area contributed by atoms with Crippen LogP contribution >= 0.6 is 7.82 Å². The molecule has 0 aliphatic carbocycles. The van der Waals surface area contributed by atoms with Crippen LogP contribution in [0.25, 0.3) is 0 Å². The van der Waals surface area contributed by atoms with Crippen LogP contribution in [0, 0.1) is 0 Å². The predicted octanol–water partition coefficient (Wildman–Crippen LogP) is 5.44. The van der Waals surface area contributed by atoms with Gasteiger partial charge in [-0.15, -0.1) is 19.7 Å². The number of carbonyl (C=O) groups excluding carboxylic acids is 3. The first kappa shape index (κ1) is 48.9. The van der Waals surface area contributed by atoms with Crippen molar-refractivity contribution in [1.82, 2.24) is 0 Å². The van der Waals surface area contributed by atoms with Crippen molar-refractivity contribution >= 4 is 25.5 Å². The van der Waals surface area contributed by atoms with Crippen LogP contribution in [-0.4, -0.2) is 73.5 Å².